The van der Waals surface area contributed by atoms with Crippen LogP contribution in [0.1, 0.15) is 26.7 Å². The molecule has 0 aliphatic rings. The van der Waals surface area contributed by atoms with Crippen LogP contribution in [0, 0.1) is 0 Å². The van der Waals surface area contributed by atoms with Crippen molar-refractivity contribution < 1.29 is 14.7 Å². The normalized spacial score (nSPS) is 10.9. The second-order valence-electron chi connectivity index (χ2n) is 3.42. The molecule has 1 heterocycles. The van der Waals surface area contributed by atoms with Gasteiger partial charge in [-0.3, -0.25) is 5.32 Å². The fourth-order valence-corrected chi connectivity index (χ4v) is 1.80. The Morgan fingerprint density at radius 2 is 2.12 bits per heavy atom. The zero-order valence-electron chi connectivity index (χ0n) is 9.56. The lowest BCUT2D eigenvalue weighted by atomic mass is 9.93. The molecule has 1 rings (SSSR count). The van der Waals surface area contributed by atoms with E-state index in [0.717, 1.165) is 11.3 Å². The van der Waals surface area contributed by atoms with Crippen LogP contribution in [-0.2, 0) is 4.79 Å². The number of urea groups is 1. The molecule has 0 spiro atoms. The summed E-state index contributed by atoms with van der Waals surface area (Å²) in [6.45, 7) is 3.42. The van der Waals surface area contributed by atoms with E-state index >= 15 is 0 Å². The smallest absolute Gasteiger partial charge is 0.329 e. The summed E-state index contributed by atoms with van der Waals surface area (Å²) in [4.78, 5) is 22.8. The third-order valence-corrected chi connectivity index (χ3v) is 3.16. The fourth-order valence-electron chi connectivity index (χ4n) is 1.36. The largest absolute Gasteiger partial charge is 0.480 e. The average Bonchev–Trinajstić information content (AvgIpc) is 2.78. The number of nitrogens with zero attached hydrogens (tertiary/aromatic N) is 2. The van der Waals surface area contributed by atoms with E-state index in [4.69, 9.17) is 5.11 Å². The Labute approximate surface area is 102 Å². The van der Waals surface area contributed by atoms with Gasteiger partial charge in [-0.15, -0.1) is 10.2 Å². The fraction of sp³-hybridized carbons (Fsp3) is 0.556. The molecule has 0 radical (unpaired) electrons. The molecule has 17 heavy (non-hydrogen) atoms. The van der Waals surface area contributed by atoms with E-state index in [0.29, 0.717) is 18.0 Å². The first-order chi connectivity index (χ1) is 8.04. The molecular weight excluding hydrogens is 244 g/mol. The molecule has 0 saturated heterocycles. The first kappa shape index (κ1) is 13.4. The monoisotopic (exact) mass is 258 g/mol. The van der Waals surface area contributed by atoms with Crippen molar-refractivity contribution >= 4 is 28.5 Å². The molecule has 3 N–H and O–H groups in total. The Hall–Kier alpha value is -1.70. The molecule has 94 valence electrons. The Morgan fingerprint density at radius 3 is 2.53 bits per heavy atom. The number of carboxylic acid groups (broad SMARTS) is 1. The molecule has 0 aliphatic heterocycles. The summed E-state index contributed by atoms with van der Waals surface area (Å²) < 4.78 is 0. The molecule has 0 saturated carbocycles. The van der Waals surface area contributed by atoms with E-state index in [2.05, 4.69) is 20.8 Å². The summed E-state index contributed by atoms with van der Waals surface area (Å²) in [5, 5.41) is 21.5. The molecule has 0 atom stereocenters. The van der Waals surface area contributed by atoms with Gasteiger partial charge in [0.1, 0.15) is 11.0 Å². The minimum atomic E-state index is -1.24. The summed E-state index contributed by atoms with van der Waals surface area (Å²) in [5.41, 5.74) is 0.231. The summed E-state index contributed by atoms with van der Waals surface area (Å²) in [5.74, 6) is -1.05. The molecule has 0 aliphatic carbocycles. The number of hydrogen-bond donors (Lipinski definition) is 3. The topological polar surface area (TPSA) is 104 Å². The van der Waals surface area contributed by atoms with Crippen molar-refractivity contribution in [2.24, 2.45) is 0 Å². The van der Waals surface area contributed by atoms with Crippen LogP contribution in [-0.4, -0.2) is 32.8 Å². The van der Waals surface area contributed by atoms with Crippen molar-refractivity contribution in [1.82, 2.24) is 15.5 Å². The molecule has 2 amide bonds. The van der Waals surface area contributed by atoms with E-state index in [9.17, 15) is 9.59 Å². The standard InChI is InChI=1S/C9H14N4O3S/c1-3-9(4-2,6(14)15)12-7(16)11-8-13-10-5-17-8/h5H,3-4H2,1-2H3,(H,14,15)(H2,11,12,13,16). The highest BCUT2D eigenvalue weighted by molar-refractivity contribution is 7.13. The zero-order valence-corrected chi connectivity index (χ0v) is 10.4. The number of rotatable bonds is 5. The highest BCUT2D eigenvalue weighted by Crippen LogP contribution is 2.16. The average molecular weight is 258 g/mol. The molecule has 0 bridgehead atoms. The molecule has 1 aromatic heterocycles. The third-order valence-electron chi connectivity index (χ3n) is 2.55. The SMILES string of the molecule is CCC(CC)(NC(=O)Nc1nncs1)C(=O)O. The molecule has 0 aromatic carbocycles. The lowest BCUT2D eigenvalue weighted by Crippen LogP contribution is -2.54. The number of aromatic nitrogens is 2. The van der Waals surface area contributed by atoms with Gasteiger partial charge in [0.2, 0.25) is 5.13 Å². The van der Waals surface area contributed by atoms with E-state index in [-0.39, 0.29) is 0 Å². The maximum Gasteiger partial charge on any atom is 0.329 e. The quantitative estimate of drug-likeness (QED) is 0.738. The van der Waals surface area contributed by atoms with Gasteiger partial charge in [0.05, 0.1) is 0 Å². The number of carbonyl (C=O) groups is 2. The Balaban J connectivity index is 2.68. The summed E-state index contributed by atoms with van der Waals surface area (Å²) in [6.07, 6.45) is 0.616. The number of anilines is 1. The van der Waals surface area contributed by atoms with Gasteiger partial charge >= 0.3 is 12.0 Å². The van der Waals surface area contributed by atoms with E-state index < -0.39 is 17.5 Å². The van der Waals surface area contributed by atoms with Crippen LogP contribution in [0.15, 0.2) is 5.51 Å². The second-order valence-corrected chi connectivity index (χ2v) is 4.25. The highest BCUT2D eigenvalue weighted by Gasteiger charge is 2.36. The minimum absolute atomic E-state index is 0.308. The number of nitrogens with one attached hydrogen (secondary N) is 2. The maximum atomic E-state index is 11.6. The molecular formula is C9H14N4O3S. The van der Waals surface area contributed by atoms with Crippen molar-refractivity contribution in [2.45, 2.75) is 32.2 Å². The Bertz CT molecular complexity index is 389. The number of amides is 2. The summed E-state index contributed by atoms with van der Waals surface area (Å²) in [7, 11) is 0. The second kappa shape index (κ2) is 5.58. The van der Waals surface area contributed by atoms with Gasteiger partial charge in [-0.25, -0.2) is 9.59 Å². The van der Waals surface area contributed by atoms with Crippen molar-refractivity contribution in [3.63, 3.8) is 0 Å². The first-order valence-corrected chi connectivity index (χ1v) is 6.00. The van der Waals surface area contributed by atoms with Crippen LogP contribution >= 0.6 is 11.3 Å². The van der Waals surface area contributed by atoms with Crippen LogP contribution in [0.2, 0.25) is 0 Å². The van der Waals surface area contributed by atoms with Gasteiger partial charge in [0.15, 0.2) is 0 Å². The van der Waals surface area contributed by atoms with Crippen LogP contribution in [0.4, 0.5) is 9.93 Å². The van der Waals surface area contributed by atoms with Gasteiger partial charge in [-0.1, -0.05) is 25.2 Å². The number of carbonyl (C=O) groups excluding carboxylic acids is 1. The molecule has 1 aromatic rings. The Kier molecular flexibility index (Phi) is 4.38. The molecule has 8 heteroatoms. The number of carboxylic acids is 1. The number of aliphatic carboxylic acids is 1. The summed E-state index contributed by atoms with van der Waals surface area (Å²) in [6, 6.07) is -0.590. The molecule has 0 fully saturated rings. The van der Waals surface area contributed by atoms with Crippen LogP contribution in [0.5, 0.6) is 0 Å². The van der Waals surface area contributed by atoms with Crippen molar-refractivity contribution in [1.29, 1.82) is 0 Å². The van der Waals surface area contributed by atoms with Gasteiger partial charge in [-0.05, 0) is 12.8 Å². The van der Waals surface area contributed by atoms with Gasteiger partial charge in [-0.2, -0.15) is 0 Å². The maximum absolute atomic E-state index is 11.6. The molecule has 7 nitrogen and oxygen atoms in total. The van der Waals surface area contributed by atoms with Gasteiger partial charge < -0.3 is 10.4 Å². The lowest BCUT2D eigenvalue weighted by Gasteiger charge is -2.27. The van der Waals surface area contributed by atoms with Crippen molar-refractivity contribution in [3.05, 3.63) is 5.51 Å². The van der Waals surface area contributed by atoms with E-state index in [1.807, 2.05) is 0 Å². The van der Waals surface area contributed by atoms with Gasteiger partial charge in [0.25, 0.3) is 0 Å². The van der Waals surface area contributed by atoms with Crippen LogP contribution in [0.3, 0.4) is 0 Å². The minimum Gasteiger partial charge on any atom is -0.480 e. The Morgan fingerprint density at radius 1 is 1.47 bits per heavy atom. The summed E-state index contributed by atoms with van der Waals surface area (Å²) >= 11 is 1.16. The predicted octanol–water partition coefficient (Wildman–Crippen LogP) is 1.30. The highest BCUT2D eigenvalue weighted by atomic mass is 32.1. The molecule has 0 unspecified atom stereocenters. The van der Waals surface area contributed by atoms with Crippen molar-refractivity contribution in [2.75, 3.05) is 5.32 Å². The predicted molar refractivity (Wildman–Crippen MR) is 63.0 cm³/mol. The van der Waals surface area contributed by atoms with E-state index in [1.165, 1.54) is 5.51 Å². The van der Waals surface area contributed by atoms with E-state index in [1.54, 1.807) is 13.8 Å². The third kappa shape index (κ3) is 3.13. The van der Waals surface area contributed by atoms with Crippen LogP contribution in [0.25, 0.3) is 0 Å². The van der Waals surface area contributed by atoms with Crippen LogP contribution < -0.4 is 10.6 Å². The number of hydrogen-bond acceptors (Lipinski definition) is 5. The zero-order chi connectivity index (χ0) is 12.9. The van der Waals surface area contributed by atoms with Gasteiger partial charge in [0, 0.05) is 0 Å². The first-order valence-electron chi connectivity index (χ1n) is 5.12. The van der Waals surface area contributed by atoms with Crippen molar-refractivity contribution in [3.8, 4) is 0 Å². The lowest BCUT2D eigenvalue weighted by molar-refractivity contribution is -0.144.